The van der Waals surface area contributed by atoms with Gasteiger partial charge < -0.3 is 15.0 Å². The lowest BCUT2D eigenvalue weighted by Gasteiger charge is -2.31. The molecule has 1 fully saturated rings. The summed E-state index contributed by atoms with van der Waals surface area (Å²) in [5, 5.41) is 9.77. The summed E-state index contributed by atoms with van der Waals surface area (Å²) >= 11 is 0. The van der Waals surface area contributed by atoms with Crippen LogP contribution in [-0.2, 0) is 4.79 Å². The van der Waals surface area contributed by atoms with Crippen LogP contribution in [0.25, 0.3) is 10.9 Å². The maximum atomic E-state index is 12.6. The molecule has 0 bridgehead atoms. The van der Waals surface area contributed by atoms with Gasteiger partial charge in [-0.05, 0) is 37.0 Å². The third-order valence-corrected chi connectivity index (χ3v) is 4.19. The summed E-state index contributed by atoms with van der Waals surface area (Å²) in [4.78, 5) is 28.3. The van der Waals surface area contributed by atoms with Crippen molar-refractivity contribution in [2.75, 3.05) is 13.1 Å². The van der Waals surface area contributed by atoms with Crippen LogP contribution in [0, 0.1) is 5.92 Å². The Kier molecular flexibility index (Phi) is 3.64. The molecule has 1 amide bonds. The number of fused-ring (bicyclic) bond motifs is 1. The number of hydrogen-bond donors (Lipinski definition) is 2. The number of likely N-dealkylation sites (tertiary alicyclic amines) is 1. The smallest absolute Gasteiger partial charge is 0.303 e. The highest BCUT2D eigenvalue weighted by atomic mass is 16.4. The summed E-state index contributed by atoms with van der Waals surface area (Å²) in [6, 6.07) is 7.59. The molecule has 2 heterocycles. The third kappa shape index (κ3) is 2.77. The number of hydrogen-bond acceptors (Lipinski definition) is 2. The summed E-state index contributed by atoms with van der Waals surface area (Å²) in [6.45, 7) is 1.27. The number of rotatable bonds is 3. The molecule has 0 atom stereocenters. The highest BCUT2D eigenvalue weighted by Crippen LogP contribution is 2.24. The summed E-state index contributed by atoms with van der Waals surface area (Å²) < 4.78 is 0. The van der Waals surface area contributed by atoms with Gasteiger partial charge in [-0.3, -0.25) is 9.59 Å². The molecule has 2 N–H and O–H groups in total. The van der Waals surface area contributed by atoms with Gasteiger partial charge in [0.1, 0.15) is 0 Å². The van der Waals surface area contributed by atoms with E-state index in [1.165, 1.54) is 0 Å². The molecule has 1 aliphatic rings. The van der Waals surface area contributed by atoms with Gasteiger partial charge in [0.2, 0.25) is 0 Å². The van der Waals surface area contributed by atoms with Gasteiger partial charge in [0.25, 0.3) is 5.91 Å². The topological polar surface area (TPSA) is 73.4 Å². The van der Waals surface area contributed by atoms with Gasteiger partial charge in [-0.2, -0.15) is 0 Å². The first-order valence-corrected chi connectivity index (χ1v) is 7.22. The van der Waals surface area contributed by atoms with Gasteiger partial charge in [-0.15, -0.1) is 0 Å². The molecule has 3 rings (SSSR count). The fraction of sp³-hybridized carbons (Fsp3) is 0.375. The molecule has 2 aromatic rings. The molecule has 5 heteroatoms. The average molecular weight is 286 g/mol. The molecule has 21 heavy (non-hydrogen) atoms. The standard InChI is InChI=1S/C16H18N2O3/c19-15(20)10-11-5-8-18(9-6-11)16(21)13-2-1-3-14-12(13)4-7-17-14/h1-4,7,11,17H,5-6,8-10H2,(H,19,20). The lowest BCUT2D eigenvalue weighted by atomic mass is 9.93. The second kappa shape index (κ2) is 5.60. The molecule has 0 spiro atoms. The van der Waals surface area contributed by atoms with E-state index in [1.807, 2.05) is 35.4 Å². The fourth-order valence-electron chi connectivity index (χ4n) is 3.03. The van der Waals surface area contributed by atoms with E-state index in [2.05, 4.69) is 4.98 Å². The number of H-pyrrole nitrogens is 1. The molecule has 0 unspecified atom stereocenters. The average Bonchev–Trinajstić information content (AvgIpc) is 2.95. The molecule has 0 saturated carbocycles. The van der Waals surface area contributed by atoms with E-state index in [0.29, 0.717) is 18.7 Å². The molecular formula is C16H18N2O3. The second-order valence-corrected chi connectivity index (χ2v) is 5.58. The maximum Gasteiger partial charge on any atom is 0.303 e. The lowest BCUT2D eigenvalue weighted by molar-refractivity contribution is -0.138. The SMILES string of the molecule is O=C(O)CC1CCN(C(=O)c2cccc3[nH]ccc23)CC1. The number of carbonyl (C=O) groups excluding carboxylic acids is 1. The Balaban J connectivity index is 1.72. The highest BCUT2D eigenvalue weighted by molar-refractivity contribution is 6.06. The predicted molar refractivity (Wildman–Crippen MR) is 79.2 cm³/mol. The molecule has 1 aliphatic heterocycles. The van der Waals surface area contributed by atoms with Gasteiger partial charge in [-0.25, -0.2) is 0 Å². The van der Waals surface area contributed by atoms with Crippen molar-refractivity contribution < 1.29 is 14.7 Å². The van der Waals surface area contributed by atoms with Crippen LogP contribution in [0.2, 0.25) is 0 Å². The molecule has 0 radical (unpaired) electrons. The Morgan fingerprint density at radius 3 is 2.71 bits per heavy atom. The van der Waals surface area contributed by atoms with Gasteiger partial charge in [0, 0.05) is 42.2 Å². The number of carbonyl (C=O) groups is 2. The van der Waals surface area contributed by atoms with Crippen LogP contribution in [0.4, 0.5) is 0 Å². The van der Waals surface area contributed by atoms with Gasteiger partial charge in [0.05, 0.1) is 0 Å². The van der Waals surface area contributed by atoms with Gasteiger partial charge in [0.15, 0.2) is 0 Å². The summed E-state index contributed by atoms with van der Waals surface area (Å²) in [6.07, 6.45) is 3.57. The minimum absolute atomic E-state index is 0.0361. The minimum Gasteiger partial charge on any atom is -0.481 e. The van der Waals surface area contributed by atoms with Crippen molar-refractivity contribution in [3.8, 4) is 0 Å². The first-order valence-electron chi connectivity index (χ1n) is 7.22. The highest BCUT2D eigenvalue weighted by Gasteiger charge is 2.25. The van der Waals surface area contributed by atoms with Crippen molar-refractivity contribution in [1.82, 2.24) is 9.88 Å². The van der Waals surface area contributed by atoms with E-state index >= 15 is 0 Å². The van der Waals surface area contributed by atoms with Crippen molar-refractivity contribution in [2.45, 2.75) is 19.3 Å². The Bertz CT molecular complexity index is 669. The molecular weight excluding hydrogens is 268 g/mol. The minimum atomic E-state index is -0.753. The van der Waals surface area contributed by atoms with E-state index in [9.17, 15) is 9.59 Å². The van der Waals surface area contributed by atoms with Crippen molar-refractivity contribution >= 4 is 22.8 Å². The summed E-state index contributed by atoms with van der Waals surface area (Å²) in [7, 11) is 0. The summed E-state index contributed by atoms with van der Waals surface area (Å²) in [5.41, 5.74) is 1.67. The number of aliphatic carboxylic acids is 1. The van der Waals surface area contributed by atoms with Crippen LogP contribution in [0.3, 0.4) is 0 Å². The number of carboxylic acid groups (broad SMARTS) is 1. The summed E-state index contributed by atoms with van der Waals surface area (Å²) in [5.74, 6) is -0.527. The largest absolute Gasteiger partial charge is 0.481 e. The number of amides is 1. The van der Waals surface area contributed by atoms with Crippen LogP contribution in [0.5, 0.6) is 0 Å². The van der Waals surface area contributed by atoms with Crippen LogP contribution >= 0.6 is 0 Å². The molecule has 1 saturated heterocycles. The Hall–Kier alpha value is -2.30. The number of nitrogens with one attached hydrogen (secondary N) is 1. The number of aromatic amines is 1. The monoisotopic (exact) mass is 286 g/mol. The van der Waals surface area contributed by atoms with Crippen LogP contribution < -0.4 is 0 Å². The first kappa shape index (κ1) is 13.7. The molecule has 5 nitrogen and oxygen atoms in total. The molecule has 1 aromatic heterocycles. The quantitative estimate of drug-likeness (QED) is 0.910. The zero-order valence-corrected chi connectivity index (χ0v) is 11.7. The second-order valence-electron chi connectivity index (χ2n) is 5.58. The fourth-order valence-corrected chi connectivity index (χ4v) is 3.03. The van der Waals surface area contributed by atoms with E-state index in [4.69, 9.17) is 5.11 Å². The van der Waals surface area contributed by atoms with E-state index in [-0.39, 0.29) is 18.2 Å². The van der Waals surface area contributed by atoms with Crippen molar-refractivity contribution in [3.05, 3.63) is 36.0 Å². The molecule has 110 valence electrons. The maximum absolute atomic E-state index is 12.6. The number of carboxylic acids is 1. The van der Waals surface area contributed by atoms with Crippen molar-refractivity contribution in [2.24, 2.45) is 5.92 Å². The molecule has 1 aromatic carbocycles. The number of aromatic nitrogens is 1. The predicted octanol–water partition coefficient (Wildman–Crippen LogP) is 2.49. The Labute approximate surface area is 122 Å². The van der Waals surface area contributed by atoms with E-state index < -0.39 is 5.97 Å². The normalized spacial score (nSPS) is 16.3. The Morgan fingerprint density at radius 1 is 1.24 bits per heavy atom. The number of benzene rings is 1. The van der Waals surface area contributed by atoms with Crippen molar-refractivity contribution in [1.29, 1.82) is 0 Å². The van der Waals surface area contributed by atoms with E-state index in [1.54, 1.807) is 0 Å². The zero-order valence-electron chi connectivity index (χ0n) is 11.7. The first-order chi connectivity index (χ1) is 10.1. The van der Waals surface area contributed by atoms with Crippen LogP contribution in [-0.4, -0.2) is 40.0 Å². The van der Waals surface area contributed by atoms with Crippen LogP contribution in [0.15, 0.2) is 30.5 Å². The zero-order chi connectivity index (χ0) is 14.8. The van der Waals surface area contributed by atoms with Gasteiger partial charge in [-0.1, -0.05) is 6.07 Å². The molecule has 0 aliphatic carbocycles. The van der Waals surface area contributed by atoms with E-state index in [0.717, 1.165) is 23.7 Å². The van der Waals surface area contributed by atoms with Crippen LogP contribution in [0.1, 0.15) is 29.6 Å². The third-order valence-electron chi connectivity index (χ3n) is 4.19. The van der Waals surface area contributed by atoms with Crippen molar-refractivity contribution in [3.63, 3.8) is 0 Å². The lowest BCUT2D eigenvalue weighted by Crippen LogP contribution is -2.38. The Morgan fingerprint density at radius 2 is 2.00 bits per heavy atom. The number of piperidine rings is 1. The number of nitrogens with zero attached hydrogens (tertiary/aromatic N) is 1. The van der Waals surface area contributed by atoms with Gasteiger partial charge >= 0.3 is 5.97 Å².